The Hall–Kier alpha value is -3.54. The molecule has 3 aromatic rings. The molecule has 6 heteroatoms. The van der Waals surface area contributed by atoms with Gasteiger partial charge in [-0.25, -0.2) is 0 Å². The van der Waals surface area contributed by atoms with Crippen LogP contribution in [0.25, 0.3) is 0 Å². The Labute approximate surface area is 202 Å². The van der Waals surface area contributed by atoms with E-state index in [0.29, 0.717) is 34.5 Å². The average molecular weight is 467 g/mol. The predicted molar refractivity (Wildman–Crippen MR) is 133 cm³/mol. The summed E-state index contributed by atoms with van der Waals surface area (Å²) in [6.07, 6.45) is 3.60. The van der Waals surface area contributed by atoms with Gasteiger partial charge in [-0.2, -0.15) is 0 Å². The van der Waals surface area contributed by atoms with E-state index in [1.54, 1.807) is 42.7 Å². The van der Waals surface area contributed by atoms with Crippen LogP contribution in [0, 0.1) is 0 Å². The van der Waals surface area contributed by atoms with Crippen LogP contribution in [0.15, 0.2) is 48.5 Å². The van der Waals surface area contributed by atoms with Gasteiger partial charge < -0.3 is 28.4 Å². The molecule has 182 valence electrons. The Balaban J connectivity index is 1.63. The minimum atomic E-state index is 0.616. The van der Waals surface area contributed by atoms with Gasteiger partial charge in [-0.05, 0) is 72.2 Å². The van der Waals surface area contributed by atoms with Crippen LogP contribution >= 0.6 is 0 Å². The summed E-state index contributed by atoms with van der Waals surface area (Å²) in [6.45, 7) is 0. The molecule has 0 aliphatic rings. The zero-order chi connectivity index (χ0) is 24.5. The van der Waals surface area contributed by atoms with E-state index < -0.39 is 0 Å². The van der Waals surface area contributed by atoms with E-state index in [1.807, 2.05) is 24.3 Å². The molecule has 0 aromatic heterocycles. The highest BCUT2D eigenvalue weighted by Gasteiger charge is 2.14. The van der Waals surface area contributed by atoms with Gasteiger partial charge in [-0.3, -0.25) is 0 Å². The second-order valence-electron chi connectivity index (χ2n) is 7.88. The van der Waals surface area contributed by atoms with Crippen molar-refractivity contribution < 1.29 is 28.4 Å². The third-order valence-corrected chi connectivity index (χ3v) is 5.88. The highest BCUT2D eigenvalue weighted by atomic mass is 16.5. The summed E-state index contributed by atoms with van der Waals surface area (Å²) in [5.74, 6) is 3.95. The van der Waals surface area contributed by atoms with Crippen LogP contribution in [0.5, 0.6) is 34.5 Å². The van der Waals surface area contributed by atoms with E-state index in [0.717, 1.165) is 36.8 Å². The van der Waals surface area contributed by atoms with Crippen molar-refractivity contribution in [3.05, 3.63) is 70.8 Å². The lowest BCUT2D eigenvalue weighted by molar-refractivity contribution is 0.323. The molecule has 0 bridgehead atoms. The van der Waals surface area contributed by atoms with Crippen LogP contribution < -0.4 is 28.4 Å². The van der Waals surface area contributed by atoms with E-state index in [4.69, 9.17) is 28.4 Å². The van der Waals surface area contributed by atoms with Gasteiger partial charge in [0.25, 0.3) is 0 Å². The molecule has 0 unspecified atom stereocenters. The number of hydrogen-bond acceptors (Lipinski definition) is 6. The first-order chi connectivity index (χ1) is 16.6. The molecule has 0 heterocycles. The van der Waals surface area contributed by atoms with Crippen LogP contribution in [0.2, 0.25) is 0 Å². The summed E-state index contributed by atoms with van der Waals surface area (Å²) in [7, 11) is 9.78. The first kappa shape index (κ1) is 25.1. The summed E-state index contributed by atoms with van der Waals surface area (Å²) >= 11 is 0. The van der Waals surface area contributed by atoms with Crippen molar-refractivity contribution in [1.29, 1.82) is 0 Å². The van der Waals surface area contributed by atoms with Gasteiger partial charge in [0, 0.05) is 0 Å². The predicted octanol–water partition coefficient (Wildman–Crippen LogP) is 5.31. The Morgan fingerprint density at radius 3 is 0.882 bits per heavy atom. The Bertz CT molecular complexity index is 938. The van der Waals surface area contributed by atoms with E-state index >= 15 is 0 Å². The summed E-state index contributed by atoms with van der Waals surface area (Å²) in [5.41, 5.74) is 4.84. The molecule has 34 heavy (non-hydrogen) atoms. The minimum Gasteiger partial charge on any atom is -0.493 e. The fourth-order valence-corrected chi connectivity index (χ4v) is 4.01. The number of rotatable bonds is 12. The van der Waals surface area contributed by atoms with Gasteiger partial charge in [0.1, 0.15) is 0 Å². The van der Waals surface area contributed by atoms with Crippen molar-refractivity contribution in [2.24, 2.45) is 0 Å². The molecule has 0 saturated carbocycles. The Kier molecular flexibility index (Phi) is 8.91. The van der Waals surface area contributed by atoms with Gasteiger partial charge in [-0.1, -0.05) is 24.3 Å². The number of benzene rings is 3. The van der Waals surface area contributed by atoms with Crippen LogP contribution in [-0.2, 0) is 25.7 Å². The second kappa shape index (κ2) is 12.1. The lowest BCUT2D eigenvalue weighted by Gasteiger charge is -2.14. The first-order valence-electron chi connectivity index (χ1n) is 11.2. The summed E-state index contributed by atoms with van der Waals surface area (Å²) in [5, 5.41) is 0. The van der Waals surface area contributed by atoms with Crippen molar-refractivity contribution in [3.63, 3.8) is 0 Å². The van der Waals surface area contributed by atoms with Gasteiger partial charge in [0.2, 0.25) is 11.5 Å². The molecular weight excluding hydrogens is 432 g/mol. The molecule has 3 rings (SSSR count). The Morgan fingerprint density at radius 1 is 0.382 bits per heavy atom. The molecular formula is C28H34O6. The molecule has 0 N–H and O–H groups in total. The van der Waals surface area contributed by atoms with Crippen LogP contribution in [-0.4, -0.2) is 42.7 Å². The smallest absolute Gasteiger partial charge is 0.203 e. The fraction of sp³-hybridized carbons (Fsp3) is 0.357. The van der Waals surface area contributed by atoms with E-state index in [2.05, 4.69) is 24.3 Å². The summed E-state index contributed by atoms with van der Waals surface area (Å²) < 4.78 is 32.7. The second-order valence-corrected chi connectivity index (χ2v) is 7.88. The molecule has 0 atom stereocenters. The topological polar surface area (TPSA) is 55.4 Å². The van der Waals surface area contributed by atoms with Crippen LogP contribution in [0.1, 0.15) is 22.3 Å². The fourth-order valence-electron chi connectivity index (χ4n) is 4.01. The molecule has 0 spiro atoms. The maximum Gasteiger partial charge on any atom is 0.203 e. The van der Waals surface area contributed by atoms with E-state index in [-0.39, 0.29) is 0 Å². The van der Waals surface area contributed by atoms with Crippen molar-refractivity contribution in [2.45, 2.75) is 25.7 Å². The van der Waals surface area contributed by atoms with Gasteiger partial charge >= 0.3 is 0 Å². The summed E-state index contributed by atoms with van der Waals surface area (Å²) in [6, 6.07) is 16.8. The maximum atomic E-state index is 5.46. The number of hydrogen-bond donors (Lipinski definition) is 0. The molecule has 0 aliphatic heterocycles. The molecule has 0 amide bonds. The van der Waals surface area contributed by atoms with Crippen LogP contribution in [0.4, 0.5) is 0 Å². The standard InChI is InChI=1S/C28H34O6/c1-29-23-15-21(16-24(30-2)27(23)33-5)13-11-19-7-9-20(10-8-19)12-14-22-17-25(31-3)28(34-6)26(18-22)32-4/h7-10,15-18H,11-14H2,1-6H3. The lowest BCUT2D eigenvalue weighted by atomic mass is 9.99. The first-order valence-corrected chi connectivity index (χ1v) is 11.2. The van der Waals surface area contributed by atoms with Gasteiger partial charge in [0.15, 0.2) is 23.0 Å². The normalized spacial score (nSPS) is 10.5. The average Bonchev–Trinajstić information content (AvgIpc) is 2.89. The van der Waals surface area contributed by atoms with E-state index in [1.165, 1.54) is 11.1 Å². The minimum absolute atomic E-state index is 0.616. The zero-order valence-corrected chi connectivity index (χ0v) is 20.9. The third-order valence-electron chi connectivity index (χ3n) is 5.88. The van der Waals surface area contributed by atoms with Gasteiger partial charge in [-0.15, -0.1) is 0 Å². The SMILES string of the molecule is COc1cc(CCc2ccc(CCc3cc(OC)c(OC)c(OC)c3)cc2)cc(OC)c1OC. The molecule has 0 aliphatic carbocycles. The maximum absolute atomic E-state index is 5.46. The van der Waals surface area contributed by atoms with Crippen molar-refractivity contribution in [2.75, 3.05) is 42.7 Å². The highest BCUT2D eigenvalue weighted by Crippen LogP contribution is 2.39. The van der Waals surface area contributed by atoms with Gasteiger partial charge in [0.05, 0.1) is 42.7 Å². The summed E-state index contributed by atoms with van der Waals surface area (Å²) in [4.78, 5) is 0. The number of ether oxygens (including phenoxy) is 6. The molecule has 0 fully saturated rings. The van der Waals surface area contributed by atoms with Crippen molar-refractivity contribution >= 4 is 0 Å². The lowest BCUT2D eigenvalue weighted by Crippen LogP contribution is -1.99. The zero-order valence-electron chi connectivity index (χ0n) is 20.9. The highest BCUT2D eigenvalue weighted by molar-refractivity contribution is 5.54. The number of aryl methyl sites for hydroxylation is 4. The molecule has 3 aromatic carbocycles. The number of methoxy groups -OCH3 is 6. The largest absolute Gasteiger partial charge is 0.493 e. The monoisotopic (exact) mass is 466 g/mol. The van der Waals surface area contributed by atoms with Crippen LogP contribution in [0.3, 0.4) is 0 Å². The molecule has 6 nitrogen and oxygen atoms in total. The Morgan fingerprint density at radius 2 is 0.647 bits per heavy atom. The quantitative estimate of drug-likeness (QED) is 0.361. The van der Waals surface area contributed by atoms with Crippen molar-refractivity contribution in [3.8, 4) is 34.5 Å². The molecule has 0 radical (unpaired) electrons. The van der Waals surface area contributed by atoms with Crippen molar-refractivity contribution in [1.82, 2.24) is 0 Å². The molecule has 0 saturated heterocycles. The van der Waals surface area contributed by atoms with E-state index in [9.17, 15) is 0 Å². The third kappa shape index (κ3) is 5.87.